The van der Waals surface area contributed by atoms with Gasteiger partial charge in [0.2, 0.25) is 0 Å². The molecule has 0 aliphatic rings. The summed E-state index contributed by atoms with van der Waals surface area (Å²) in [6, 6.07) is 0. The fourth-order valence-corrected chi connectivity index (χ4v) is 11.1. The van der Waals surface area contributed by atoms with Gasteiger partial charge in [-0.05, 0) is 70.6 Å². The third kappa shape index (κ3) is 68.3. The van der Waals surface area contributed by atoms with Crippen molar-refractivity contribution in [2.45, 2.75) is 412 Å². The van der Waals surface area contributed by atoms with Crippen molar-refractivity contribution in [3.8, 4) is 0 Å². The largest absolute Gasteiger partial charge is 0.462 e. The van der Waals surface area contributed by atoms with Gasteiger partial charge in [0, 0.05) is 19.3 Å². The number of hydrogen-bond donors (Lipinski definition) is 0. The standard InChI is InChI=1S/C75H140O6/c1-4-7-10-13-16-19-22-25-27-29-30-31-32-33-34-35-36-37-38-39-40-41-42-43-44-46-47-50-53-56-59-62-65-68-74(77)80-71-72(70-79-73(76)67-64-61-58-55-52-49-24-21-18-15-12-9-6-3)81-75(78)69-66-63-60-57-54-51-48-45-28-26-23-20-17-14-11-8-5-2/h12,15,21,24,29-30,72H,4-11,13-14,16-20,22-23,25-28,31-71H2,1-3H3/b15-12-,24-21-,30-29-. The molecule has 0 aromatic heterocycles. The van der Waals surface area contributed by atoms with E-state index in [1.54, 1.807) is 0 Å². The van der Waals surface area contributed by atoms with E-state index in [9.17, 15) is 14.4 Å². The summed E-state index contributed by atoms with van der Waals surface area (Å²) in [6.45, 7) is 6.64. The van der Waals surface area contributed by atoms with Crippen LogP contribution in [0.1, 0.15) is 406 Å². The molecule has 6 nitrogen and oxygen atoms in total. The summed E-state index contributed by atoms with van der Waals surface area (Å²) in [7, 11) is 0. The SMILES string of the molecule is CCC/C=C\C/C=C\CCCCCCCC(=O)OCC(COC(=O)CCCCCCCCCCCCCCCCCCCCCCC/C=C\CCCCCCCCCC)OC(=O)CCCCCCCCCCCCCCCCCCC. The minimum atomic E-state index is -0.775. The molecule has 0 radical (unpaired) electrons. The van der Waals surface area contributed by atoms with Crippen LogP contribution >= 0.6 is 0 Å². The fourth-order valence-electron chi connectivity index (χ4n) is 11.1. The predicted octanol–water partition coefficient (Wildman–Crippen LogP) is 25.1. The normalized spacial score (nSPS) is 12.2. The lowest BCUT2D eigenvalue weighted by atomic mass is 10.0. The quantitative estimate of drug-likeness (QED) is 0.0261. The highest BCUT2D eigenvalue weighted by atomic mass is 16.6. The highest BCUT2D eigenvalue weighted by molar-refractivity contribution is 5.71. The van der Waals surface area contributed by atoms with Gasteiger partial charge in [0.05, 0.1) is 0 Å². The third-order valence-electron chi connectivity index (χ3n) is 16.6. The summed E-state index contributed by atoms with van der Waals surface area (Å²) >= 11 is 0. The van der Waals surface area contributed by atoms with Crippen LogP contribution in [0, 0.1) is 0 Å². The average Bonchev–Trinajstić information content (AvgIpc) is 3.46. The van der Waals surface area contributed by atoms with Gasteiger partial charge in [-0.1, -0.05) is 353 Å². The zero-order valence-electron chi connectivity index (χ0n) is 54.8. The molecule has 1 unspecified atom stereocenters. The van der Waals surface area contributed by atoms with Crippen LogP contribution in [0.25, 0.3) is 0 Å². The summed E-state index contributed by atoms with van der Waals surface area (Å²) in [4.78, 5) is 38.4. The van der Waals surface area contributed by atoms with Crippen LogP contribution in [0.3, 0.4) is 0 Å². The van der Waals surface area contributed by atoms with Crippen LogP contribution in [-0.2, 0) is 28.6 Å². The molecule has 0 fully saturated rings. The van der Waals surface area contributed by atoms with E-state index in [4.69, 9.17) is 14.2 Å². The summed E-state index contributed by atoms with van der Waals surface area (Å²) < 4.78 is 17.0. The van der Waals surface area contributed by atoms with Gasteiger partial charge >= 0.3 is 17.9 Å². The molecule has 0 saturated carbocycles. The Kier molecular flexibility index (Phi) is 68.1. The third-order valence-corrected chi connectivity index (χ3v) is 16.6. The molecule has 0 heterocycles. The first-order valence-electron chi connectivity index (χ1n) is 36.5. The average molecular weight is 1140 g/mol. The number of allylic oxidation sites excluding steroid dienone is 6. The predicted molar refractivity (Wildman–Crippen MR) is 353 cm³/mol. The summed E-state index contributed by atoms with van der Waals surface area (Å²) in [5, 5.41) is 0. The van der Waals surface area contributed by atoms with Crippen LogP contribution in [0.15, 0.2) is 36.5 Å². The maximum Gasteiger partial charge on any atom is 0.306 e. The van der Waals surface area contributed by atoms with Crippen molar-refractivity contribution < 1.29 is 28.6 Å². The molecule has 0 saturated heterocycles. The molecule has 1 atom stereocenters. The maximum absolute atomic E-state index is 12.9. The van der Waals surface area contributed by atoms with E-state index in [1.807, 2.05) is 0 Å². The molecule has 0 aliphatic carbocycles. The second-order valence-electron chi connectivity index (χ2n) is 24.9. The first-order chi connectivity index (χ1) is 40.0. The Morgan fingerprint density at radius 3 is 0.741 bits per heavy atom. The van der Waals surface area contributed by atoms with Crippen LogP contribution in [-0.4, -0.2) is 37.2 Å². The van der Waals surface area contributed by atoms with Crippen molar-refractivity contribution in [2.75, 3.05) is 13.2 Å². The van der Waals surface area contributed by atoms with Crippen LogP contribution in [0.4, 0.5) is 0 Å². The Hall–Kier alpha value is -2.37. The van der Waals surface area contributed by atoms with E-state index in [2.05, 4.69) is 57.2 Å². The zero-order valence-corrected chi connectivity index (χ0v) is 54.8. The van der Waals surface area contributed by atoms with Gasteiger partial charge in [-0.2, -0.15) is 0 Å². The second-order valence-corrected chi connectivity index (χ2v) is 24.9. The van der Waals surface area contributed by atoms with E-state index >= 15 is 0 Å². The second kappa shape index (κ2) is 70.1. The van der Waals surface area contributed by atoms with Crippen molar-refractivity contribution in [3.63, 3.8) is 0 Å². The molecule has 0 aliphatic heterocycles. The number of rotatable bonds is 68. The number of hydrogen-bond acceptors (Lipinski definition) is 6. The number of esters is 3. The summed E-state index contributed by atoms with van der Waals surface area (Å²) in [6.07, 6.45) is 87.7. The van der Waals surface area contributed by atoms with Gasteiger partial charge in [-0.3, -0.25) is 14.4 Å². The number of unbranched alkanes of at least 4 members (excludes halogenated alkanes) is 51. The Balaban J connectivity index is 4.09. The smallest absolute Gasteiger partial charge is 0.306 e. The molecule has 0 N–H and O–H groups in total. The zero-order chi connectivity index (χ0) is 58.5. The van der Waals surface area contributed by atoms with Gasteiger partial charge in [0.15, 0.2) is 6.10 Å². The van der Waals surface area contributed by atoms with Gasteiger partial charge in [0.25, 0.3) is 0 Å². The van der Waals surface area contributed by atoms with E-state index in [0.717, 1.165) is 83.5 Å². The Morgan fingerprint density at radius 2 is 0.469 bits per heavy atom. The molecular weight excluding hydrogens is 997 g/mol. The highest BCUT2D eigenvalue weighted by Gasteiger charge is 2.19. The number of ether oxygens (including phenoxy) is 3. The van der Waals surface area contributed by atoms with E-state index < -0.39 is 6.10 Å². The van der Waals surface area contributed by atoms with Crippen LogP contribution in [0.5, 0.6) is 0 Å². The van der Waals surface area contributed by atoms with Gasteiger partial charge < -0.3 is 14.2 Å². The molecule has 0 spiro atoms. The number of carbonyl (C=O) groups excluding carboxylic acids is 3. The van der Waals surface area contributed by atoms with Gasteiger partial charge in [-0.25, -0.2) is 0 Å². The van der Waals surface area contributed by atoms with Gasteiger partial charge in [-0.15, -0.1) is 0 Å². The fraction of sp³-hybridized carbons (Fsp3) is 0.880. The Bertz CT molecular complexity index is 1350. The van der Waals surface area contributed by atoms with Crippen LogP contribution in [0.2, 0.25) is 0 Å². The van der Waals surface area contributed by atoms with Gasteiger partial charge in [0.1, 0.15) is 13.2 Å². The van der Waals surface area contributed by atoms with Crippen molar-refractivity contribution >= 4 is 17.9 Å². The minimum absolute atomic E-state index is 0.0707. The minimum Gasteiger partial charge on any atom is -0.462 e. The summed E-state index contributed by atoms with van der Waals surface area (Å²) in [5.41, 5.74) is 0. The van der Waals surface area contributed by atoms with E-state index in [-0.39, 0.29) is 31.1 Å². The molecule has 6 heteroatoms. The first kappa shape index (κ1) is 78.6. The lowest BCUT2D eigenvalue weighted by molar-refractivity contribution is -0.167. The van der Waals surface area contributed by atoms with E-state index in [0.29, 0.717) is 19.3 Å². The lowest BCUT2D eigenvalue weighted by Crippen LogP contribution is -2.30. The molecule has 0 bridgehead atoms. The highest BCUT2D eigenvalue weighted by Crippen LogP contribution is 2.19. The Morgan fingerprint density at radius 1 is 0.247 bits per heavy atom. The number of carbonyl (C=O) groups is 3. The maximum atomic E-state index is 12.9. The monoisotopic (exact) mass is 1140 g/mol. The first-order valence-corrected chi connectivity index (χ1v) is 36.5. The molecular formula is C75H140O6. The molecule has 0 amide bonds. The molecule has 0 aromatic carbocycles. The van der Waals surface area contributed by atoms with Crippen molar-refractivity contribution in [2.24, 2.45) is 0 Å². The summed E-state index contributed by atoms with van der Waals surface area (Å²) in [5.74, 6) is -0.856. The molecule has 0 aromatic rings. The van der Waals surface area contributed by atoms with Crippen molar-refractivity contribution in [1.82, 2.24) is 0 Å². The van der Waals surface area contributed by atoms with Crippen LogP contribution < -0.4 is 0 Å². The van der Waals surface area contributed by atoms with E-state index in [1.165, 1.54) is 283 Å². The lowest BCUT2D eigenvalue weighted by Gasteiger charge is -2.18. The molecule has 476 valence electrons. The topological polar surface area (TPSA) is 78.9 Å². The van der Waals surface area contributed by atoms with Crippen molar-refractivity contribution in [1.29, 1.82) is 0 Å². The molecule has 81 heavy (non-hydrogen) atoms. The molecule has 0 rings (SSSR count). The van der Waals surface area contributed by atoms with Crippen molar-refractivity contribution in [3.05, 3.63) is 36.5 Å². The Labute approximate surface area is 506 Å².